The average molecular weight is 210 g/mol. The highest BCUT2D eigenvalue weighted by Crippen LogP contribution is 1.95. The molecule has 0 amide bonds. The Bertz CT molecular complexity index is 125. The van der Waals surface area contributed by atoms with Gasteiger partial charge in [-0.3, -0.25) is 0 Å². The fourth-order valence-corrected chi connectivity index (χ4v) is 1.10. The van der Waals surface area contributed by atoms with E-state index in [9.17, 15) is 8.78 Å². The van der Waals surface area contributed by atoms with Gasteiger partial charge in [0, 0.05) is 13.7 Å². The molecule has 0 saturated heterocycles. The molecule has 0 fully saturated rings. The van der Waals surface area contributed by atoms with Crippen LogP contribution in [0.5, 0.6) is 0 Å². The smallest absolute Gasteiger partial charge is 0.251 e. The minimum absolute atomic E-state index is 0.141. The highest BCUT2D eigenvalue weighted by molar-refractivity contribution is 4.55. The lowest BCUT2D eigenvalue weighted by Gasteiger charge is -2.15. The molecule has 0 atom stereocenters. The lowest BCUT2D eigenvalue weighted by atomic mass is 10.4. The van der Waals surface area contributed by atoms with Crippen LogP contribution in [0, 0.1) is 0 Å². The predicted molar refractivity (Wildman–Crippen MR) is 52.9 cm³/mol. The van der Waals surface area contributed by atoms with E-state index in [1.807, 2.05) is 0 Å². The summed E-state index contributed by atoms with van der Waals surface area (Å²) in [5.41, 5.74) is 0. The van der Waals surface area contributed by atoms with Crippen molar-refractivity contribution in [3.05, 3.63) is 0 Å². The Morgan fingerprint density at radius 2 is 2.07 bits per heavy atom. The Morgan fingerprint density at radius 1 is 1.36 bits per heavy atom. The standard InChI is InChI=1S/C9H20F2N2O/c1-13(8-9(10)11)6-3-4-12-5-7-14-2/h9,12H,3-8H2,1-2H3. The number of nitrogens with one attached hydrogen (secondary N) is 1. The maximum absolute atomic E-state index is 11.9. The molecule has 0 radical (unpaired) electrons. The van der Waals surface area contributed by atoms with Crippen molar-refractivity contribution in [3.8, 4) is 0 Å². The summed E-state index contributed by atoms with van der Waals surface area (Å²) >= 11 is 0. The van der Waals surface area contributed by atoms with Gasteiger partial charge < -0.3 is 15.0 Å². The van der Waals surface area contributed by atoms with Crippen molar-refractivity contribution in [2.24, 2.45) is 0 Å². The summed E-state index contributed by atoms with van der Waals surface area (Å²) < 4.78 is 28.6. The van der Waals surface area contributed by atoms with Gasteiger partial charge in [0.1, 0.15) is 0 Å². The fourth-order valence-electron chi connectivity index (χ4n) is 1.10. The van der Waals surface area contributed by atoms with E-state index in [2.05, 4.69) is 5.32 Å². The third kappa shape index (κ3) is 9.83. The number of alkyl halides is 2. The van der Waals surface area contributed by atoms with Crippen LogP contribution in [0.3, 0.4) is 0 Å². The molecule has 0 aromatic rings. The summed E-state index contributed by atoms with van der Waals surface area (Å²) in [7, 11) is 3.36. The van der Waals surface area contributed by atoms with Gasteiger partial charge in [-0.2, -0.15) is 0 Å². The number of hydrogen-bond acceptors (Lipinski definition) is 3. The van der Waals surface area contributed by atoms with E-state index in [0.29, 0.717) is 13.2 Å². The third-order valence-electron chi connectivity index (χ3n) is 1.83. The van der Waals surface area contributed by atoms with Crippen LogP contribution in [0.1, 0.15) is 6.42 Å². The number of rotatable bonds is 9. The van der Waals surface area contributed by atoms with Crippen LogP contribution in [0.25, 0.3) is 0 Å². The molecule has 14 heavy (non-hydrogen) atoms. The largest absolute Gasteiger partial charge is 0.383 e. The topological polar surface area (TPSA) is 24.5 Å². The molecular formula is C9H20F2N2O. The first-order chi connectivity index (χ1) is 6.66. The molecule has 0 saturated carbocycles. The Kier molecular flexibility index (Phi) is 9.13. The zero-order chi connectivity index (χ0) is 10.8. The Morgan fingerprint density at radius 3 is 2.64 bits per heavy atom. The second-order valence-corrected chi connectivity index (χ2v) is 3.25. The monoisotopic (exact) mass is 210 g/mol. The van der Waals surface area contributed by atoms with Crippen molar-refractivity contribution < 1.29 is 13.5 Å². The maximum Gasteiger partial charge on any atom is 0.251 e. The molecule has 0 aliphatic carbocycles. The SMILES string of the molecule is COCCNCCCN(C)CC(F)F. The Labute approximate surface area is 84.4 Å². The molecule has 3 nitrogen and oxygen atoms in total. The van der Waals surface area contributed by atoms with Crippen LogP contribution < -0.4 is 5.32 Å². The number of hydrogen-bond donors (Lipinski definition) is 1. The van der Waals surface area contributed by atoms with Crippen molar-refractivity contribution in [3.63, 3.8) is 0 Å². The first-order valence-corrected chi connectivity index (χ1v) is 4.83. The van der Waals surface area contributed by atoms with Crippen LogP contribution in [-0.2, 0) is 4.74 Å². The summed E-state index contributed by atoms with van der Waals surface area (Å²) in [6.07, 6.45) is -1.35. The minimum Gasteiger partial charge on any atom is -0.383 e. The fraction of sp³-hybridized carbons (Fsp3) is 1.00. The Hall–Kier alpha value is -0.260. The molecular weight excluding hydrogens is 190 g/mol. The van der Waals surface area contributed by atoms with Gasteiger partial charge in [-0.15, -0.1) is 0 Å². The molecule has 0 rings (SSSR count). The molecule has 0 aromatic carbocycles. The summed E-state index contributed by atoms with van der Waals surface area (Å²) in [6.45, 7) is 2.90. The minimum atomic E-state index is -2.23. The molecule has 5 heteroatoms. The van der Waals surface area contributed by atoms with Crippen LogP contribution >= 0.6 is 0 Å². The summed E-state index contributed by atoms with van der Waals surface area (Å²) in [5, 5.41) is 3.16. The van der Waals surface area contributed by atoms with Gasteiger partial charge in [0.05, 0.1) is 13.2 Å². The maximum atomic E-state index is 11.9. The normalized spacial score (nSPS) is 11.6. The van der Waals surface area contributed by atoms with Crippen molar-refractivity contribution in [2.45, 2.75) is 12.8 Å². The summed E-state index contributed by atoms with van der Waals surface area (Å²) in [4.78, 5) is 1.64. The molecule has 0 spiro atoms. The molecule has 0 aliphatic heterocycles. The first-order valence-electron chi connectivity index (χ1n) is 4.83. The lowest BCUT2D eigenvalue weighted by Crippen LogP contribution is -2.29. The molecule has 0 bridgehead atoms. The van der Waals surface area contributed by atoms with Crippen molar-refractivity contribution in [2.75, 3.05) is 46.9 Å². The molecule has 0 aliphatic rings. The second-order valence-electron chi connectivity index (χ2n) is 3.25. The molecule has 0 heterocycles. The van der Waals surface area contributed by atoms with Gasteiger partial charge in [-0.05, 0) is 26.6 Å². The number of ether oxygens (including phenoxy) is 1. The summed E-state index contributed by atoms with van der Waals surface area (Å²) in [5.74, 6) is 0. The number of methoxy groups -OCH3 is 1. The third-order valence-corrected chi connectivity index (χ3v) is 1.83. The van der Waals surface area contributed by atoms with Gasteiger partial charge in [0.2, 0.25) is 0 Å². The van der Waals surface area contributed by atoms with Crippen LogP contribution in [0.2, 0.25) is 0 Å². The van der Waals surface area contributed by atoms with Gasteiger partial charge >= 0.3 is 0 Å². The highest BCUT2D eigenvalue weighted by Gasteiger charge is 2.06. The number of halogens is 2. The van der Waals surface area contributed by atoms with Gasteiger partial charge in [0.15, 0.2) is 0 Å². The van der Waals surface area contributed by atoms with Crippen molar-refractivity contribution in [1.29, 1.82) is 0 Å². The van der Waals surface area contributed by atoms with E-state index >= 15 is 0 Å². The van der Waals surface area contributed by atoms with Gasteiger partial charge in [-0.1, -0.05) is 0 Å². The van der Waals surface area contributed by atoms with E-state index in [0.717, 1.165) is 19.5 Å². The van der Waals surface area contributed by atoms with Gasteiger partial charge in [0.25, 0.3) is 6.43 Å². The van der Waals surface area contributed by atoms with E-state index < -0.39 is 6.43 Å². The Balaban J connectivity index is 3.10. The molecule has 86 valence electrons. The van der Waals surface area contributed by atoms with Gasteiger partial charge in [-0.25, -0.2) is 8.78 Å². The van der Waals surface area contributed by atoms with Crippen molar-refractivity contribution in [1.82, 2.24) is 10.2 Å². The lowest BCUT2D eigenvalue weighted by molar-refractivity contribution is 0.0998. The van der Waals surface area contributed by atoms with E-state index in [1.165, 1.54) is 0 Å². The average Bonchev–Trinajstić information content (AvgIpc) is 2.10. The molecule has 1 N–H and O–H groups in total. The number of nitrogens with zero attached hydrogens (tertiary/aromatic N) is 1. The van der Waals surface area contributed by atoms with Crippen molar-refractivity contribution >= 4 is 0 Å². The van der Waals surface area contributed by atoms with E-state index in [4.69, 9.17) is 4.74 Å². The van der Waals surface area contributed by atoms with Crippen LogP contribution in [0.15, 0.2) is 0 Å². The second kappa shape index (κ2) is 9.30. The van der Waals surface area contributed by atoms with Crippen LogP contribution in [-0.4, -0.2) is 58.3 Å². The summed E-state index contributed by atoms with van der Waals surface area (Å²) in [6, 6.07) is 0. The van der Waals surface area contributed by atoms with E-state index in [-0.39, 0.29) is 6.54 Å². The van der Waals surface area contributed by atoms with Crippen LogP contribution in [0.4, 0.5) is 8.78 Å². The zero-order valence-electron chi connectivity index (χ0n) is 8.93. The highest BCUT2D eigenvalue weighted by atomic mass is 19.3. The molecule has 0 aromatic heterocycles. The predicted octanol–water partition coefficient (Wildman–Crippen LogP) is 0.809. The first kappa shape index (κ1) is 13.7. The zero-order valence-corrected chi connectivity index (χ0v) is 8.93. The molecule has 0 unspecified atom stereocenters. The quantitative estimate of drug-likeness (QED) is 0.570. The van der Waals surface area contributed by atoms with E-state index in [1.54, 1.807) is 19.1 Å².